The molecule has 0 aliphatic carbocycles. The van der Waals surface area contributed by atoms with E-state index in [4.69, 9.17) is 19.9 Å². The molecule has 2 aliphatic heterocycles. The highest BCUT2D eigenvalue weighted by atomic mass is 35.5. The Hall–Kier alpha value is -3.32. The first-order valence-electron chi connectivity index (χ1n) is 14.4. The Balaban J connectivity index is 0.000000315. The number of hydrogen-bond acceptors (Lipinski definition) is 7. The Morgan fingerprint density at radius 3 is 1.64 bits per heavy atom. The normalized spacial score (nSPS) is 16.4. The standard InChI is InChI=1S/C18H25FN2O4.C13H17FN2O2.ClH/c1-18(2,3)25-17(23)20-15(12-13-4-6-14(19)7-5-13)16(22)21-8-10-24-11-9-21;14-11-3-1-10(2-4-11)9-12(15)13(17)16-5-7-18-8-6-16;/h4-7,15H,8-12H2,1-3H3,(H,20,23);1-4,12H,5-9,15H2;1H/t15-;12-;/m00./s1. The summed E-state index contributed by atoms with van der Waals surface area (Å²) in [6, 6.07) is 10.6. The zero-order valence-corrected chi connectivity index (χ0v) is 26.2. The molecule has 3 N–H and O–H groups in total. The number of rotatable bonds is 7. The van der Waals surface area contributed by atoms with Gasteiger partial charge in [-0.25, -0.2) is 13.6 Å². The van der Waals surface area contributed by atoms with Crippen molar-refractivity contribution in [3.05, 3.63) is 71.3 Å². The number of ether oxygens (including phenoxy) is 3. The van der Waals surface area contributed by atoms with Gasteiger partial charge in [0.25, 0.3) is 0 Å². The molecule has 13 heteroatoms. The van der Waals surface area contributed by atoms with Crippen molar-refractivity contribution in [1.29, 1.82) is 0 Å². The molecule has 0 radical (unpaired) electrons. The SMILES string of the molecule is CC(C)(C)OC(=O)N[C@@H](Cc1ccc(F)cc1)C(=O)N1CCOCC1.Cl.N[C@@H](Cc1ccc(F)cc1)C(=O)N1CCOCC1. The van der Waals surface area contributed by atoms with Crippen LogP contribution < -0.4 is 11.1 Å². The molecule has 0 unspecified atom stereocenters. The summed E-state index contributed by atoms with van der Waals surface area (Å²) in [5.74, 6) is -0.896. The minimum atomic E-state index is -0.779. The second-order valence-electron chi connectivity index (χ2n) is 11.3. The van der Waals surface area contributed by atoms with Crippen LogP contribution in [0.5, 0.6) is 0 Å². The van der Waals surface area contributed by atoms with Crippen molar-refractivity contribution in [3.63, 3.8) is 0 Å². The number of carbonyl (C=O) groups excluding carboxylic acids is 3. The van der Waals surface area contributed by atoms with Crippen molar-refractivity contribution in [2.45, 2.75) is 51.3 Å². The minimum Gasteiger partial charge on any atom is -0.444 e. The molecule has 44 heavy (non-hydrogen) atoms. The average molecular weight is 641 g/mol. The fourth-order valence-electron chi connectivity index (χ4n) is 4.49. The van der Waals surface area contributed by atoms with Gasteiger partial charge >= 0.3 is 6.09 Å². The Bertz CT molecular complexity index is 1190. The summed E-state index contributed by atoms with van der Waals surface area (Å²) >= 11 is 0. The van der Waals surface area contributed by atoms with Gasteiger partial charge in [-0.3, -0.25) is 9.59 Å². The number of nitrogens with one attached hydrogen (secondary N) is 1. The second-order valence-corrected chi connectivity index (χ2v) is 11.3. The first-order valence-corrected chi connectivity index (χ1v) is 14.4. The number of amides is 3. The van der Waals surface area contributed by atoms with Crippen LogP contribution in [-0.2, 0) is 36.6 Å². The van der Waals surface area contributed by atoms with Crippen LogP contribution in [0.1, 0.15) is 31.9 Å². The number of morpholine rings is 2. The topological polar surface area (TPSA) is 123 Å². The Labute approximate surface area is 263 Å². The number of benzene rings is 2. The first kappa shape index (κ1) is 36.9. The van der Waals surface area contributed by atoms with Crippen molar-refractivity contribution in [2.24, 2.45) is 5.73 Å². The van der Waals surface area contributed by atoms with Gasteiger partial charge < -0.3 is 35.1 Å². The third-order valence-electron chi connectivity index (χ3n) is 6.67. The smallest absolute Gasteiger partial charge is 0.408 e. The highest BCUT2D eigenvalue weighted by Crippen LogP contribution is 2.12. The summed E-state index contributed by atoms with van der Waals surface area (Å²) in [7, 11) is 0. The molecular formula is C31H43ClF2N4O6. The molecule has 2 fully saturated rings. The van der Waals surface area contributed by atoms with E-state index < -0.39 is 23.8 Å². The molecule has 0 spiro atoms. The maximum absolute atomic E-state index is 13.1. The minimum absolute atomic E-state index is 0. The maximum atomic E-state index is 13.1. The van der Waals surface area contributed by atoms with Crippen LogP contribution in [0.2, 0.25) is 0 Å². The van der Waals surface area contributed by atoms with Crippen molar-refractivity contribution >= 4 is 30.3 Å². The van der Waals surface area contributed by atoms with E-state index in [1.165, 1.54) is 24.3 Å². The quantitative estimate of drug-likeness (QED) is 0.477. The Morgan fingerprint density at radius 2 is 1.20 bits per heavy atom. The number of carbonyl (C=O) groups is 3. The summed E-state index contributed by atoms with van der Waals surface area (Å²) in [5.41, 5.74) is 6.85. The highest BCUT2D eigenvalue weighted by Gasteiger charge is 2.29. The summed E-state index contributed by atoms with van der Waals surface area (Å²) in [6.07, 6.45) is 0.0350. The fraction of sp³-hybridized carbons (Fsp3) is 0.516. The molecule has 2 aromatic rings. The number of nitrogens with zero attached hydrogens (tertiary/aromatic N) is 2. The van der Waals surface area contributed by atoms with Gasteiger partial charge in [-0.05, 0) is 62.6 Å². The van der Waals surface area contributed by atoms with Crippen LogP contribution in [0, 0.1) is 11.6 Å². The van der Waals surface area contributed by atoms with Gasteiger partial charge in [0, 0.05) is 32.6 Å². The number of halogens is 3. The predicted molar refractivity (Wildman–Crippen MR) is 163 cm³/mol. The van der Waals surface area contributed by atoms with Crippen LogP contribution in [0.3, 0.4) is 0 Å². The zero-order chi connectivity index (χ0) is 31.4. The van der Waals surface area contributed by atoms with Crippen molar-refractivity contribution in [1.82, 2.24) is 15.1 Å². The lowest BCUT2D eigenvalue weighted by molar-refractivity contribution is -0.137. The fourth-order valence-corrected chi connectivity index (χ4v) is 4.49. The predicted octanol–water partition coefficient (Wildman–Crippen LogP) is 3.10. The number of alkyl carbamates (subject to hydrolysis) is 1. The van der Waals surface area contributed by atoms with Crippen molar-refractivity contribution in [2.75, 3.05) is 52.6 Å². The molecule has 4 rings (SSSR count). The van der Waals surface area contributed by atoms with E-state index in [0.717, 1.165) is 11.1 Å². The summed E-state index contributed by atoms with van der Waals surface area (Å²) in [5, 5.41) is 2.65. The van der Waals surface area contributed by atoms with Gasteiger partial charge in [0.05, 0.1) is 32.5 Å². The second kappa shape index (κ2) is 17.8. The third kappa shape index (κ3) is 12.7. The Kier molecular flexibility index (Phi) is 15.0. The van der Waals surface area contributed by atoms with Gasteiger partial charge in [-0.1, -0.05) is 24.3 Å². The molecule has 10 nitrogen and oxygen atoms in total. The van der Waals surface area contributed by atoms with Gasteiger partial charge in [-0.2, -0.15) is 0 Å². The van der Waals surface area contributed by atoms with E-state index in [-0.39, 0.29) is 42.3 Å². The van der Waals surface area contributed by atoms with Crippen LogP contribution in [0.4, 0.5) is 13.6 Å². The molecule has 2 aliphatic rings. The maximum Gasteiger partial charge on any atom is 0.408 e. The highest BCUT2D eigenvalue weighted by molar-refractivity contribution is 5.86. The summed E-state index contributed by atoms with van der Waals surface area (Å²) in [4.78, 5) is 40.3. The van der Waals surface area contributed by atoms with Gasteiger partial charge in [0.2, 0.25) is 11.8 Å². The first-order chi connectivity index (χ1) is 20.4. The van der Waals surface area contributed by atoms with E-state index in [2.05, 4.69) is 5.32 Å². The molecule has 244 valence electrons. The lowest BCUT2D eigenvalue weighted by Gasteiger charge is -2.31. The van der Waals surface area contributed by atoms with E-state index in [1.54, 1.807) is 54.8 Å². The molecule has 2 aromatic carbocycles. The number of hydrogen-bond donors (Lipinski definition) is 2. The van der Waals surface area contributed by atoms with E-state index in [1.807, 2.05) is 0 Å². The molecule has 0 saturated carbocycles. The summed E-state index contributed by atoms with van der Waals surface area (Å²) < 4.78 is 41.5. The van der Waals surface area contributed by atoms with Crippen molar-refractivity contribution < 1.29 is 37.4 Å². The summed E-state index contributed by atoms with van der Waals surface area (Å²) in [6.45, 7) is 9.49. The number of nitrogens with two attached hydrogens (primary N) is 1. The lowest BCUT2D eigenvalue weighted by atomic mass is 10.0. The van der Waals surface area contributed by atoms with Crippen molar-refractivity contribution in [3.8, 4) is 0 Å². The molecule has 3 amide bonds. The monoisotopic (exact) mass is 640 g/mol. The molecular weight excluding hydrogens is 598 g/mol. The molecule has 2 heterocycles. The van der Waals surface area contributed by atoms with E-state index in [9.17, 15) is 23.2 Å². The lowest BCUT2D eigenvalue weighted by Crippen LogP contribution is -2.53. The van der Waals surface area contributed by atoms with Crippen LogP contribution in [-0.4, -0.2) is 98.0 Å². The van der Waals surface area contributed by atoms with E-state index in [0.29, 0.717) is 59.0 Å². The Morgan fingerprint density at radius 1 is 0.795 bits per heavy atom. The van der Waals surface area contributed by atoms with Gasteiger partial charge in [-0.15, -0.1) is 12.4 Å². The molecule has 0 bridgehead atoms. The largest absolute Gasteiger partial charge is 0.444 e. The van der Waals surface area contributed by atoms with Crippen LogP contribution >= 0.6 is 12.4 Å². The third-order valence-corrected chi connectivity index (χ3v) is 6.67. The van der Waals surface area contributed by atoms with Gasteiger partial charge in [0.15, 0.2) is 0 Å². The van der Waals surface area contributed by atoms with Crippen LogP contribution in [0.25, 0.3) is 0 Å². The molecule has 2 saturated heterocycles. The average Bonchev–Trinajstić information content (AvgIpc) is 2.98. The van der Waals surface area contributed by atoms with Gasteiger partial charge in [0.1, 0.15) is 23.3 Å². The zero-order valence-electron chi connectivity index (χ0n) is 25.4. The van der Waals surface area contributed by atoms with E-state index >= 15 is 0 Å². The molecule has 0 aromatic heterocycles. The molecule has 2 atom stereocenters. The van der Waals surface area contributed by atoms with Crippen LogP contribution in [0.15, 0.2) is 48.5 Å².